The van der Waals surface area contributed by atoms with Crippen LogP contribution in [0.15, 0.2) is 0 Å². The Bertz CT molecular complexity index is 75.3. The van der Waals surface area contributed by atoms with E-state index in [1.54, 1.807) is 27.9 Å². The van der Waals surface area contributed by atoms with Crippen LogP contribution >= 0.6 is 35.2 Å². The van der Waals surface area contributed by atoms with Gasteiger partial charge in [-0.15, -0.1) is 0 Å². The maximum Gasteiger partial charge on any atom is 0.268 e. The van der Waals surface area contributed by atoms with Crippen molar-refractivity contribution in [1.82, 2.24) is 4.90 Å². The van der Waals surface area contributed by atoms with Crippen molar-refractivity contribution in [2.24, 2.45) is 0 Å². The first-order chi connectivity index (χ1) is 3.18. The number of halogens is 1. The fourth-order valence-corrected chi connectivity index (χ4v) is 0.463. The molecule has 2 nitrogen and oxygen atoms in total. The van der Waals surface area contributed by atoms with Gasteiger partial charge in [-0.3, -0.25) is 0 Å². The molecule has 7 heavy (non-hydrogen) atoms. The Labute approximate surface area is 62.5 Å². The molecule has 0 saturated carbocycles. The maximum atomic E-state index is 4.68. The van der Waals surface area contributed by atoms with Crippen molar-refractivity contribution in [2.45, 2.75) is 0 Å². The Morgan fingerprint density at radius 1 is 1.71 bits per heavy atom. The van der Waals surface area contributed by atoms with Crippen molar-refractivity contribution >= 4 is 40.4 Å². The van der Waals surface area contributed by atoms with Crippen molar-refractivity contribution in [3.8, 4) is 0 Å². The smallest absolute Gasteiger partial charge is 0.268 e. The zero-order valence-electron chi connectivity index (χ0n) is 4.14. The highest BCUT2D eigenvalue weighted by molar-refractivity contribution is 14.1. The summed E-state index contributed by atoms with van der Waals surface area (Å²) < 4.78 is 4.64. The van der Waals surface area contributed by atoms with Gasteiger partial charge in [-0.25, -0.2) is 0 Å². The molecule has 0 aliphatic heterocycles. The third kappa shape index (κ3) is 3.04. The zero-order chi connectivity index (χ0) is 5.86. The molecule has 0 atom stereocenters. The molecule has 0 fully saturated rings. The summed E-state index contributed by atoms with van der Waals surface area (Å²) in [4.78, 5) is 1.72. The summed E-state index contributed by atoms with van der Waals surface area (Å²) in [6, 6.07) is 0. The van der Waals surface area contributed by atoms with E-state index in [0.717, 1.165) is 0 Å². The molecule has 0 radical (unpaired) electrons. The molecule has 4 heteroatoms. The van der Waals surface area contributed by atoms with Crippen molar-refractivity contribution in [3.63, 3.8) is 0 Å². The minimum Gasteiger partial charge on any atom is -0.400 e. The average Bonchev–Trinajstić information content (AvgIpc) is 1.65. The van der Waals surface area contributed by atoms with Crippen LogP contribution < -0.4 is 0 Å². The SMILES string of the molecule is CN(C)C(=S)OI. The molecular weight excluding hydrogens is 225 g/mol. The Hall–Kier alpha value is 0.420. The van der Waals surface area contributed by atoms with E-state index in [1.807, 2.05) is 14.1 Å². The van der Waals surface area contributed by atoms with Crippen LogP contribution in [0.1, 0.15) is 0 Å². The van der Waals surface area contributed by atoms with Gasteiger partial charge in [0.05, 0.1) is 0 Å². The summed E-state index contributed by atoms with van der Waals surface area (Å²) in [5.74, 6) is 0. The first kappa shape index (κ1) is 7.42. The molecule has 0 amide bonds. The summed E-state index contributed by atoms with van der Waals surface area (Å²) in [5, 5.41) is 0.501. The molecule has 0 rings (SSSR count). The predicted molar refractivity (Wildman–Crippen MR) is 41.4 cm³/mol. The lowest BCUT2D eigenvalue weighted by Crippen LogP contribution is -2.18. The van der Waals surface area contributed by atoms with E-state index in [4.69, 9.17) is 0 Å². The maximum absolute atomic E-state index is 4.68. The van der Waals surface area contributed by atoms with E-state index in [-0.39, 0.29) is 0 Å². The fraction of sp³-hybridized carbons (Fsp3) is 0.667. The summed E-state index contributed by atoms with van der Waals surface area (Å²) in [6.45, 7) is 0. The largest absolute Gasteiger partial charge is 0.400 e. The molecule has 0 aliphatic rings. The Balaban J connectivity index is 3.35. The minimum atomic E-state index is 0.501. The second-order valence-corrected chi connectivity index (χ2v) is 2.03. The number of hydrogen-bond acceptors (Lipinski definition) is 2. The normalized spacial score (nSPS) is 7.86. The van der Waals surface area contributed by atoms with E-state index >= 15 is 0 Å². The Morgan fingerprint density at radius 2 is 2.14 bits per heavy atom. The van der Waals surface area contributed by atoms with Crippen LogP contribution in [0.25, 0.3) is 0 Å². The second kappa shape index (κ2) is 3.43. The van der Waals surface area contributed by atoms with Crippen molar-refractivity contribution in [1.29, 1.82) is 0 Å². The van der Waals surface area contributed by atoms with Crippen LogP contribution in [0.5, 0.6) is 0 Å². The van der Waals surface area contributed by atoms with Gasteiger partial charge in [-0.1, -0.05) is 0 Å². The lowest BCUT2D eigenvalue weighted by atomic mass is 10.9. The molecule has 0 aromatic carbocycles. The van der Waals surface area contributed by atoms with Crippen LogP contribution in [-0.4, -0.2) is 24.2 Å². The molecule has 0 heterocycles. The molecule has 0 saturated heterocycles. The van der Waals surface area contributed by atoms with Crippen molar-refractivity contribution < 1.29 is 3.07 Å². The second-order valence-electron chi connectivity index (χ2n) is 1.24. The van der Waals surface area contributed by atoms with Crippen LogP contribution in [0.3, 0.4) is 0 Å². The monoisotopic (exact) mass is 231 g/mol. The average molecular weight is 231 g/mol. The first-order valence-corrected chi connectivity index (χ1v) is 2.97. The van der Waals surface area contributed by atoms with Gasteiger partial charge in [0, 0.05) is 14.1 Å². The Morgan fingerprint density at radius 3 is 2.14 bits per heavy atom. The molecule has 0 aromatic rings. The van der Waals surface area contributed by atoms with Gasteiger partial charge in [-0.05, 0) is 12.2 Å². The molecule has 0 bridgehead atoms. The minimum absolute atomic E-state index is 0.501. The molecule has 42 valence electrons. The highest BCUT2D eigenvalue weighted by Gasteiger charge is 1.93. The topological polar surface area (TPSA) is 12.5 Å². The third-order valence-electron chi connectivity index (χ3n) is 0.431. The third-order valence-corrected chi connectivity index (χ3v) is 1.60. The molecular formula is C3H6INOS. The molecule has 0 aliphatic carbocycles. The molecule has 0 unspecified atom stereocenters. The van der Waals surface area contributed by atoms with E-state index in [0.29, 0.717) is 5.17 Å². The van der Waals surface area contributed by atoms with Gasteiger partial charge >= 0.3 is 0 Å². The molecule has 0 aromatic heterocycles. The van der Waals surface area contributed by atoms with Crippen LogP contribution in [-0.2, 0) is 3.07 Å². The summed E-state index contributed by atoms with van der Waals surface area (Å²) in [7, 11) is 3.67. The van der Waals surface area contributed by atoms with Crippen LogP contribution in [0.4, 0.5) is 0 Å². The van der Waals surface area contributed by atoms with Crippen LogP contribution in [0.2, 0.25) is 0 Å². The summed E-state index contributed by atoms with van der Waals surface area (Å²) >= 11 is 6.42. The summed E-state index contributed by atoms with van der Waals surface area (Å²) in [5.41, 5.74) is 0. The molecule has 0 N–H and O–H groups in total. The van der Waals surface area contributed by atoms with E-state index < -0.39 is 0 Å². The first-order valence-electron chi connectivity index (χ1n) is 1.68. The van der Waals surface area contributed by atoms with Gasteiger partial charge in [0.15, 0.2) is 23.0 Å². The van der Waals surface area contributed by atoms with Gasteiger partial charge < -0.3 is 7.97 Å². The lowest BCUT2D eigenvalue weighted by molar-refractivity contribution is 0.522. The van der Waals surface area contributed by atoms with Crippen molar-refractivity contribution in [2.75, 3.05) is 14.1 Å². The zero-order valence-corrected chi connectivity index (χ0v) is 7.12. The fourth-order valence-electron chi connectivity index (χ4n) is 0.0690. The standard InChI is InChI=1S/C3H6INOS/c1-5(2)3(7)6-4/h1-2H3. The van der Waals surface area contributed by atoms with Crippen LogP contribution in [0, 0.1) is 0 Å². The van der Waals surface area contributed by atoms with Gasteiger partial charge in [0.1, 0.15) is 0 Å². The van der Waals surface area contributed by atoms with Gasteiger partial charge in [-0.2, -0.15) is 0 Å². The van der Waals surface area contributed by atoms with Gasteiger partial charge in [0.2, 0.25) is 0 Å². The number of hydrogen-bond donors (Lipinski definition) is 0. The highest BCUT2D eigenvalue weighted by Crippen LogP contribution is 1.91. The quantitative estimate of drug-likeness (QED) is 0.459. The van der Waals surface area contributed by atoms with E-state index in [2.05, 4.69) is 15.3 Å². The van der Waals surface area contributed by atoms with Gasteiger partial charge in [0.25, 0.3) is 5.17 Å². The molecule has 0 spiro atoms. The number of rotatable bonds is 0. The lowest BCUT2D eigenvalue weighted by Gasteiger charge is -2.07. The van der Waals surface area contributed by atoms with Crippen molar-refractivity contribution in [3.05, 3.63) is 0 Å². The number of thiocarbonyl (C=S) groups is 1. The Kier molecular flexibility index (Phi) is 3.63. The predicted octanol–water partition coefficient (Wildman–Crippen LogP) is 1.20. The summed E-state index contributed by atoms with van der Waals surface area (Å²) in [6.07, 6.45) is 0. The number of nitrogens with zero attached hydrogens (tertiary/aromatic N) is 1. The van der Waals surface area contributed by atoms with E-state index in [9.17, 15) is 0 Å². The highest BCUT2D eigenvalue weighted by atomic mass is 127. The van der Waals surface area contributed by atoms with E-state index in [1.165, 1.54) is 0 Å².